The van der Waals surface area contributed by atoms with Gasteiger partial charge in [-0.25, -0.2) is 4.99 Å². The van der Waals surface area contributed by atoms with Crippen molar-refractivity contribution in [2.45, 2.75) is 51.3 Å². The maximum atomic E-state index is 13.3. The van der Waals surface area contributed by atoms with Gasteiger partial charge in [-0.1, -0.05) is 48.2 Å². The summed E-state index contributed by atoms with van der Waals surface area (Å²) in [5.74, 6) is 0.370. The Labute approximate surface area is 182 Å². The quantitative estimate of drug-likeness (QED) is 0.709. The molecule has 6 heteroatoms. The molecule has 1 aliphatic carbocycles. The second kappa shape index (κ2) is 8.64. The average molecular weight is 422 g/mol. The lowest BCUT2D eigenvalue weighted by Crippen LogP contribution is -2.41. The number of thioether (sulfide) groups is 1. The summed E-state index contributed by atoms with van der Waals surface area (Å²) >= 11 is 1.41. The van der Waals surface area contributed by atoms with E-state index in [0.717, 1.165) is 35.3 Å². The summed E-state index contributed by atoms with van der Waals surface area (Å²) < 4.78 is 0. The molecular weight excluding hydrogens is 394 g/mol. The van der Waals surface area contributed by atoms with Crippen LogP contribution in [0.3, 0.4) is 0 Å². The number of aryl methyl sites for hydroxylation is 2. The third kappa shape index (κ3) is 4.43. The topological polar surface area (TPSA) is 61.8 Å². The van der Waals surface area contributed by atoms with Crippen LogP contribution in [0.2, 0.25) is 0 Å². The highest BCUT2D eigenvalue weighted by atomic mass is 32.2. The molecule has 0 unspecified atom stereocenters. The van der Waals surface area contributed by atoms with Gasteiger partial charge in [0.1, 0.15) is 5.25 Å². The van der Waals surface area contributed by atoms with Crippen LogP contribution in [0.1, 0.15) is 37.3 Å². The number of nitrogens with one attached hydrogen (secondary N) is 1. The largest absolute Gasteiger partial charge is 0.326 e. The Balaban J connectivity index is 1.54. The van der Waals surface area contributed by atoms with Crippen LogP contribution in [0, 0.1) is 19.8 Å². The number of aliphatic imine (C=N–C) groups is 1. The van der Waals surface area contributed by atoms with Crippen molar-refractivity contribution in [3.05, 3.63) is 59.7 Å². The predicted octanol–water partition coefficient (Wildman–Crippen LogP) is 5.06. The number of carbonyl (C=O) groups excluding carboxylic acids is 2. The van der Waals surface area contributed by atoms with Gasteiger partial charge in [-0.3, -0.25) is 14.5 Å². The molecule has 0 spiro atoms. The number of hydrogen-bond donors (Lipinski definition) is 1. The zero-order chi connectivity index (χ0) is 21.3. The molecule has 1 N–H and O–H groups in total. The van der Waals surface area contributed by atoms with Crippen molar-refractivity contribution in [2.24, 2.45) is 10.9 Å². The fraction of sp³-hybridized carbons (Fsp3) is 0.375. The first-order chi connectivity index (χ1) is 14.4. The van der Waals surface area contributed by atoms with Crippen LogP contribution in [0.4, 0.5) is 11.4 Å². The number of benzene rings is 2. The molecule has 4 rings (SSSR count). The summed E-state index contributed by atoms with van der Waals surface area (Å²) in [6, 6.07) is 15.7. The van der Waals surface area contributed by atoms with Crippen LogP contribution in [-0.2, 0) is 9.59 Å². The molecule has 2 atom stereocenters. The summed E-state index contributed by atoms with van der Waals surface area (Å²) in [5.41, 5.74) is 3.72. The molecule has 30 heavy (non-hydrogen) atoms. The van der Waals surface area contributed by atoms with E-state index < -0.39 is 5.25 Å². The van der Waals surface area contributed by atoms with E-state index in [1.807, 2.05) is 67.3 Å². The number of amidine groups is 1. The predicted molar refractivity (Wildman–Crippen MR) is 123 cm³/mol. The van der Waals surface area contributed by atoms with E-state index in [0.29, 0.717) is 11.1 Å². The first kappa shape index (κ1) is 20.7. The monoisotopic (exact) mass is 421 g/mol. The lowest BCUT2D eigenvalue weighted by Gasteiger charge is -2.24. The van der Waals surface area contributed by atoms with Gasteiger partial charge in [0.15, 0.2) is 5.17 Å². The fourth-order valence-electron chi connectivity index (χ4n) is 3.73. The minimum absolute atomic E-state index is 0.00771. The molecule has 1 saturated carbocycles. The van der Waals surface area contributed by atoms with Crippen molar-refractivity contribution >= 4 is 40.1 Å². The smallest absolute Gasteiger partial charge is 0.242 e. The molecule has 1 saturated heterocycles. The van der Waals surface area contributed by atoms with Crippen LogP contribution in [0.5, 0.6) is 0 Å². The number of hydrogen-bond acceptors (Lipinski definition) is 4. The van der Waals surface area contributed by atoms with Gasteiger partial charge in [0.25, 0.3) is 0 Å². The molecule has 2 fully saturated rings. The summed E-state index contributed by atoms with van der Waals surface area (Å²) in [6.07, 6.45) is 2.43. The van der Waals surface area contributed by atoms with Gasteiger partial charge in [-0.15, -0.1) is 0 Å². The maximum absolute atomic E-state index is 13.3. The number of carbonyl (C=O) groups is 2. The molecule has 0 aromatic heterocycles. The minimum Gasteiger partial charge on any atom is -0.326 e. The lowest BCUT2D eigenvalue weighted by molar-refractivity contribution is -0.129. The van der Waals surface area contributed by atoms with E-state index >= 15 is 0 Å². The molecule has 1 aliphatic heterocycles. The van der Waals surface area contributed by atoms with Crippen molar-refractivity contribution in [3.8, 4) is 0 Å². The van der Waals surface area contributed by atoms with Crippen molar-refractivity contribution in [3.63, 3.8) is 0 Å². The van der Waals surface area contributed by atoms with Crippen molar-refractivity contribution < 1.29 is 9.59 Å². The Morgan fingerprint density at radius 3 is 2.47 bits per heavy atom. The van der Waals surface area contributed by atoms with E-state index in [2.05, 4.69) is 12.2 Å². The van der Waals surface area contributed by atoms with Crippen molar-refractivity contribution in [1.82, 2.24) is 4.90 Å². The molecule has 2 aromatic carbocycles. The van der Waals surface area contributed by atoms with Crippen molar-refractivity contribution in [2.75, 3.05) is 5.32 Å². The van der Waals surface area contributed by atoms with Crippen LogP contribution >= 0.6 is 11.8 Å². The van der Waals surface area contributed by atoms with Crippen molar-refractivity contribution in [1.29, 1.82) is 0 Å². The zero-order valence-electron chi connectivity index (χ0n) is 17.6. The van der Waals surface area contributed by atoms with Crippen LogP contribution in [0.25, 0.3) is 0 Å². The maximum Gasteiger partial charge on any atom is 0.242 e. The highest BCUT2D eigenvalue weighted by molar-refractivity contribution is 8.15. The van der Waals surface area contributed by atoms with Gasteiger partial charge in [0.05, 0.1) is 5.69 Å². The van der Waals surface area contributed by atoms with E-state index in [-0.39, 0.29) is 24.3 Å². The Kier molecular flexibility index (Phi) is 5.95. The summed E-state index contributed by atoms with van der Waals surface area (Å²) in [5, 5.41) is 3.21. The van der Waals surface area contributed by atoms with E-state index in [1.165, 1.54) is 11.8 Å². The van der Waals surface area contributed by atoms with Crippen LogP contribution in [-0.4, -0.2) is 33.2 Å². The molecule has 2 aromatic rings. The molecule has 2 aliphatic rings. The first-order valence-corrected chi connectivity index (χ1v) is 11.3. The SMILES string of the molecule is Cc1ccccc1N=C1S[C@H](CC(=O)Nc2ccccc2C)C(=O)N1[C@@H](C)C1CC1. The lowest BCUT2D eigenvalue weighted by atomic mass is 10.1. The number of para-hydroxylation sites is 2. The van der Waals surface area contributed by atoms with E-state index in [1.54, 1.807) is 0 Å². The summed E-state index contributed by atoms with van der Waals surface area (Å²) in [6.45, 7) is 6.07. The fourth-order valence-corrected chi connectivity index (χ4v) is 4.96. The van der Waals surface area contributed by atoms with Gasteiger partial charge >= 0.3 is 0 Å². The highest BCUT2D eigenvalue weighted by Crippen LogP contribution is 2.41. The van der Waals surface area contributed by atoms with E-state index in [4.69, 9.17) is 4.99 Å². The van der Waals surface area contributed by atoms with Crippen LogP contribution < -0.4 is 5.32 Å². The summed E-state index contributed by atoms with van der Waals surface area (Å²) in [7, 11) is 0. The average Bonchev–Trinajstić information content (AvgIpc) is 3.52. The molecule has 1 heterocycles. The second-order valence-corrected chi connectivity index (χ2v) is 9.31. The summed E-state index contributed by atoms with van der Waals surface area (Å²) in [4.78, 5) is 32.6. The van der Waals surface area contributed by atoms with Crippen LogP contribution in [0.15, 0.2) is 53.5 Å². The van der Waals surface area contributed by atoms with Gasteiger partial charge in [0, 0.05) is 18.2 Å². The Hall–Kier alpha value is -2.60. The molecule has 2 amide bonds. The van der Waals surface area contributed by atoms with Gasteiger partial charge in [-0.2, -0.15) is 0 Å². The van der Waals surface area contributed by atoms with E-state index in [9.17, 15) is 9.59 Å². The third-order valence-corrected chi connectivity index (χ3v) is 6.95. The molecule has 156 valence electrons. The normalized spacial score (nSPS) is 21.2. The Morgan fingerprint density at radius 1 is 1.13 bits per heavy atom. The number of anilines is 1. The number of amides is 2. The first-order valence-electron chi connectivity index (χ1n) is 10.4. The molecular formula is C24H27N3O2S. The molecule has 5 nitrogen and oxygen atoms in total. The Bertz CT molecular complexity index is 999. The molecule has 0 bridgehead atoms. The highest BCUT2D eigenvalue weighted by Gasteiger charge is 2.45. The third-order valence-electron chi connectivity index (χ3n) is 5.80. The minimum atomic E-state index is -0.446. The zero-order valence-corrected chi connectivity index (χ0v) is 18.4. The number of nitrogens with zero attached hydrogens (tertiary/aromatic N) is 2. The Morgan fingerprint density at radius 2 is 1.80 bits per heavy atom. The van der Waals surface area contributed by atoms with Gasteiger partial charge in [0.2, 0.25) is 11.8 Å². The molecule has 0 radical (unpaired) electrons. The number of rotatable bonds is 6. The van der Waals surface area contributed by atoms with Gasteiger partial charge in [-0.05, 0) is 62.8 Å². The standard InChI is InChI=1S/C24H27N3O2S/c1-15-8-4-6-10-19(15)25-22(28)14-21-23(29)27(17(3)18-12-13-18)24(30-21)26-20-11-7-5-9-16(20)2/h4-11,17-18,21H,12-14H2,1-3H3,(H,25,28)/t17-,21+/m0/s1. The second-order valence-electron chi connectivity index (χ2n) is 8.14. The van der Waals surface area contributed by atoms with Gasteiger partial charge < -0.3 is 5.32 Å².